The molecule has 31 heavy (non-hydrogen) atoms. The zero-order valence-electron chi connectivity index (χ0n) is 17.2. The molecular formula is C26H25NO4. The van der Waals surface area contributed by atoms with Crippen molar-refractivity contribution in [2.45, 2.75) is 31.2 Å². The van der Waals surface area contributed by atoms with Crippen molar-refractivity contribution in [3.05, 3.63) is 101 Å². The molecule has 2 N–H and O–H groups in total. The van der Waals surface area contributed by atoms with Gasteiger partial charge >= 0.3 is 5.97 Å². The van der Waals surface area contributed by atoms with Crippen LogP contribution in [0.15, 0.2) is 78.9 Å². The van der Waals surface area contributed by atoms with Gasteiger partial charge in [-0.25, -0.2) is 4.79 Å². The Labute approximate surface area is 181 Å². The van der Waals surface area contributed by atoms with Crippen molar-refractivity contribution in [1.82, 2.24) is 5.32 Å². The van der Waals surface area contributed by atoms with E-state index in [9.17, 15) is 9.59 Å². The van der Waals surface area contributed by atoms with Gasteiger partial charge in [-0.1, -0.05) is 72.8 Å². The summed E-state index contributed by atoms with van der Waals surface area (Å²) in [5.74, 6) is -0.155. The third kappa shape index (κ3) is 4.84. The molecular weight excluding hydrogens is 390 g/mol. The molecule has 1 aliphatic rings. The Kier molecular flexibility index (Phi) is 6.43. The van der Waals surface area contributed by atoms with Gasteiger partial charge in [-0.3, -0.25) is 4.79 Å². The van der Waals surface area contributed by atoms with Crippen molar-refractivity contribution in [2.24, 2.45) is 0 Å². The van der Waals surface area contributed by atoms with Crippen LogP contribution in [0, 0.1) is 0 Å². The van der Waals surface area contributed by atoms with Crippen LogP contribution in [-0.2, 0) is 16.0 Å². The van der Waals surface area contributed by atoms with Crippen molar-refractivity contribution < 1.29 is 19.4 Å². The van der Waals surface area contributed by atoms with E-state index in [1.807, 2.05) is 72.8 Å². The van der Waals surface area contributed by atoms with Crippen LogP contribution in [0.3, 0.4) is 0 Å². The normalized spacial score (nSPS) is 14.8. The highest BCUT2D eigenvalue weighted by atomic mass is 16.5. The molecule has 0 bridgehead atoms. The number of amides is 1. The molecule has 1 unspecified atom stereocenters. The lowest BCUT2D eigenvalue weighted by molar-refractivity contribution is -0.137. The monoisotopic (exact) mass is 415 g/mol. The summed E-state index contributed by atoms with van der Waals surface area (Å²) in [6.07, 6.45) is 1.92. The van der Waals surface area contributed by atoms with E-state index in [1.165, 1.54) is 0 Å². The Morgan fingerprint density at radius 3 is 2.19 bits per heavy atom. The molecule has 0 saturated carbocycles. The van der Waals surface area contributed by atoms with Crippen LogP contribution in [0.25, 0.3) is 0 Å². The molecule has 4 rings (SSSR count). The first kappa shape index (κ1) is 20.8. The van der Waals surface area contributed by atoms with Crippen molar-refractivity contribution in [1.29, 1.82) is 0 Å². The van der Waals surface area contributed by atoms with Gasteiger partial charge in [0.1, 0.15) is 12.4 Å². The number of esters is 1. The maximum Gasteiger partial charge on any atom is 0.337 e. The van der Waals surface area contributed by atoms with E-state index in [0.717, 1.165) is 35.1 Å². The fourth-order valence-corrected chi connectivity index (χ4v) is 4.26. The van der Waals surface area contributed by atoms with E-state index in [1.54, 1.807) is 6.07 Å². The predicted octanol–water partition coefficient (Wildman–Crippen LogP) is 3.91. The molecule has 5 heteroatoms. The zero-order valence-corrected chi connectivity index (χ0v) is 17.2. The van der Waals surface area contributed by atoms with Crippen LogP contribution in [0.1, 0.15) is 47.1 Å². The van der Waals surface area contributed by atoms with Gasteiger partial charge < -0.3 is 15.2 Å². The summed E-state index contributed by atoms with van der Waals surface area (Å²) < 4.78 is 5.25. The van der Waals surface area contributed by atoms with Crippen LogP contribution >= 0.6 is 0 Å². The predicted molar refractivity (Wildman–Crippen MR) is 118 cm³/mol. The second-order valence-electron chi connectivity index (χ2n) is 7.72. The van der Waals surface area contributed by atoms with Gasteiger partial charge in [0.25, 0.3) is 0 Å². The summed E-state index contributed by atoms with van der Waals surface area (Å²) in [6.45, 7) is -0.657. The van der Waals surface area contributed by atoms with Gasteiger partial charge in [0.05, 0.1) is 6.04 Å². The van der Waals surface area contributed by atoms with Crippen molar-refractivity contribution in [3.63, 3.8) is 0 Å². The van der Waals surface area contributed by atoms with Crippen LogP contribution in [0.4, 0.5) is 0 Å². The second kappa shape index (κ2) is 9.58. The first-order valence-corrected chi connectivity index (χ1v) is 10.5. The molecule has 0 fully saturated rings. The highest BCUT2D eigenvalue weighted by Gasteiger charge is 2.28. The third-order valence-electron chi connectivity index (χ3n) is 5.71. The van der Waals surface area contributed by atoms with E-state index in [2.05, 4.69) is 5.32 Å². The SMILES string of the molecule is O=C(CC1CCc2c(OC(=O)CO)cccc21)NC(c1ccccc1)c1ccccc1. The van der Waals surface area contributed by atoms with E-state index in [-0.39, 0.29) is 17.9 Å². The molecule has 0 aliphatic heterocycles. The summed E-state index contributed by atoms with van der Waals surface area (Å²) in [6, 6.07) is 25.2. The number of aliphatic hydroxyl groups is 1. The first-order valence-electron chi connectivity index (χ1n) is 10.5. The quantitative estimate of drug-likeness (QED) is 0.453. The molecule has 0 spiro atoms. The molecule has 158 valence electrons. The minimum atomic E-state index is -0.678. The zero-order chi connectivity index (χ0) is 21.6. The molecule has 0 aromatic heterocycles. The fourth-order valence-electron chi connectivity index (χ4n) is 4.26. The van der Waals surface area contributed by atoms with E-state index in [4.69, 9.17) is 9.84 Å². The Hall–Kier alpha value is -3.44. The lowest BCUT2D eigenvalue weighted by atomic mass is 9.95. The smallest absolute Gasteiger partial charge is 0.337 e. The Morgan fingerprint density at radius 2 is 1.58 bits per heavy atom. The van der Waals surface area contributed by atoms with Crippen LogP contribution in [0.5, 0.6) is 5.75 Å². The second-order valence-corrected chi connectivity index (χ2v) is 7.72. The minimum absolute atomic E-state index is 0.0201. The Morgan fingerprint density at radius 1 is 0.935 bits per heavy atom. The first-order chi connectivity index (χ1) is 15.2. The van der Waals surface area contributed by atoms with Crippen LogP contribution < -0.4 is 10.1 Å². The number of ether oxygens (including phenoxy) is 1. The minimum Gasteiger partial charge on any atom is -0.425 e. The summed E-state index contributed by atoms with van der Waals surface area (Å²) >= 11 is 0. The van der Waals surface area contributed by atoms with Gasteiger partial charge in [-0.15, -0.1) is 0 Å². The Balaban J connectivity index is 1.50. The summed E-state index contributed by atoms with van der Waals surface area (Å²) in [5, 5.41) is 12.2. The number of hydrogen-bond donors (Lipinski definition) is 2. The summed E-state index contributed by atoms with van der Waals surface area (Å²) in [5.41, 5.74) is 4.05. The van der Waals surface area contributed by atoms with Crippen LogP contribution in [0.2, 0.25) is 0 Å². The van der Waals surface area contributed by atoms with Crippen LogP contribution in [-0.4, -0.2) is 23.6 Å². The van der Waals surface area contributed by atoms with Crippen molar-refractivity contribution >= 4 is 11.9 Å². The van der Waals surface area contributed by atoms with Gasteiger partial charge in [-0.05, 0) is 47.1 Å². The molecule has 1 amide bonds. The maximum atomic E-state index is 13.0. The molecule has 1 atom stereocenters. The van der Waals surface area contributed by atoms with Gasteiger partial charge in [0, 0.05) is 6.42 Å². The topological polar surface area (TPSA) is 75.6 Å². The number of hydrogen-bond acceptors (Lipinski definition) is 4. The number of fused-ring (bicyclic) bond motifs is 1. The number of carbonyl (C=O) groups is 2. The number of rotatable bonds is 7. The number of carbonyl (C=O) groups excluding carboxylic acids is 2. The van der Waals surface area contributed by atoms with Gasteiger partial charge in [0.15, 0.2) is 0 Å². The third-order valence-corrected chi connectivity index (χ3v) is 5.71. The molecule has 0 heterocycles. The number of benzene rings is 3. The van der Waals surface area contributed by atoms with E-state index >= 15 is 0 Å². The molecule has 5 nitrogen and oxygen atoms in total. The van der Waals surface area contributed by atoms with Gasteiger partial charge in [0.2, 0.25) is 5.91 Å². The van der Waals surface area contributed by atoms with Crippen molar-refractivity contribution in [3.8, 4) is 5.75 Å². The summed E-state index contributed by atoms with van der Waals surface area (Å²) in [4.78, 5) is 24.5. The lowest BCUT2D eigenvalue weighted by Gasteiger charge is -2.21. The molecule has 1 aliphatic carbocycles. The average molecular weight is 415 g/mol. The molecule has 3 aromatic carbocycles. The maximum absolute atomic E-state index is 13.0. The fraction of sp³-hybridized carbons (Fsp3) is 0.231. The molecule has 3 aromatic rings. The average Bonchev–Trinajstić information content (AvgIpc) is 3.22. The highest BCUT2D eigenvalue weighted by molar-refractivity contribution is 5.78. The van der Waals surface area contributed by atoms with E-state index in [0.29, 0.717) is 12.2 Å². The van der Waals surface area contributed by atoms with Gasteiger partial charge in [-0.2, -0.15) is 0 Å². The largest absolute Gasteiger partial charge is 0.425 e. The number of aliphatic hydroxyl groups excluding tert-OH is 1. The Bertz CT molecular complexity index is 1010. The lowest BCUT2D eigenvalue weighted by Crippen LogP contribution is -2.30. The molecule has 0 saturated heterocycles. The summed E-state index contributed by atoms with van der Waals surface area (Å²) in [7, 11) is 0. The van der Waals surface area contributed by atoms with E-state index < -0.39 is 12.6 Å². The molecule has 0 radical (unpaired) electrons. The standard InChI is InChI=1S/C26H25NO4/c28-17-25(30)31-23-13-7-12-21-20(14-15-22(21)23)16-24(29)27-26(18-8-3-1-4-9-18)19-10-5-2-6-11-19/h1-13,20,26,28H,14-17H2,(H,27,29). The number of nitrogens with one attached hydrogen (secondary N) is 1. The van der Waals surface area contributed by atoms with Crippen molar-refractivity contribution in [2.75, 3.05) is 6.61 Å². The highest BCUT2D eigenvalue weighted by Crippen LogP contribution is 2.40.